The van der Waals surface area contributed by atoms with Crippen LogP contribution in [0.3, 0.4) is 0 Å². The van der Waals surface area contributed by atoms with E-state index in [9.17, 15) is 4.79 Å². The summed E-state index contributed by atoms with van der Waals surface area (Å²) in [6.07, 6.45) is 5.31. The van der Waals surface area contributed by atoms with E-state index in [0.29, 0.717) is 17.7 Å². The van der Waals surface area contributed by atoms with E-state index in [1.165, 1.54) is 0 Å². The number of H-pyrrole nitrogens is 1. The van der Waals surface area contributed by atoms with E-state index >= 15 is 0 Å². The molecule has 2 aromatic heterocycles. The van der Waals surface area contributed by atoms with Crippen molar-refractivity contribution < 1.29 is 4.79 Å². The Morgan fingerprint density at radius 1 is 1.12 bits per heavy atom. The molecule has 4 rings (SSSR count). The van der Waals surface area contributed by atoms with Crippen molar-refractivity contribution in [3.8, 4) is 5.69 Å². The highest BCUT2D eigenvalue weighted by atomic mass is 16.2. The Balaban J connectivity index is 1.44. The van der Waals surface area contributed by atoms with Crippen molar-refractivity contribution in [3.63, 3.8) is 0 Å². The van der Waals surface area contributed by atoms with Gasteiger partial charge in [-0.05, 0) is 29.8 Å². The SMILES string of the molecule is O=C(NCc1ccccc1-n1ccnc1)Nc1ccc2n[nH]nc2c1. The Hall–Kier alpha value is -3.68. The van der Waals surface area contributed by atoms with Crippen LogP contribution in [0.25, 0.3) is 16.7 Å². The van der Waals surface area contributed by atoms with E-state index in [-0.39, 0.29) is 6.03 Å². The quantitative estimate of drug-likeness (QED) is 0.534. The number of rotatable bonds is 4. The number of nitrogens with one attached hydrogen (secondary N) is 3. The molecule has 0 radical (unpaired) electrons. The summed E-state index contributed by atoms with van der Waals surface area (Å²) in [6.45, 7) is 0.395. The fourth-order valence-electron chi connectivity index (χ4n) is 2.58. The second-order valence-electron chi connectivity index (χ2n) is 5.43. The Kier molecular flexibility index (Phi) is 3.83. The normalized spacial score (nSPS) is 10.7. The third-order valence-corrected chi connectivity index (χ3v) is 3.79. The molecule has 0 aliphatic carbocycles. The molecule has 0 bridgehead atoms. The number of hydrogen-bond donors (Lipinski definition) is 3. The summed E-state index contributed by atoms with van der Waals surface area (Å²) in [7, 11) is 0. The van der Waals surface area contributed by atoms with Gasteiger partial charge in [0.2, 0.25) is 0 Å². The van der Waals surface area contributed by atoms with Crippen LogP contribution < -0.4 is 10.6 Å². The lowest BCUT2D eigenvalue weighted by molar-refractivity contribution is 0.251. The second kappa shape index (κ2) is 6.44. The lowest BCUT2D eigenvalue weighted by atomic mass is 10.1. The van der Waals surface area contributed by atoms with Gasteiger partial charge < -0.3 is 15.2 Å². The standard InChI is InChI=1S/C17H15N7O/c25-17(20-13-5-6-14-15(9-13)22-23-21-14)19-10-12-3-1-2-4-16(12)24-8-7-18-11-24/h1-9,11H,10H2,(H2,19,20,25)(H,21,22,23). The Labute approximate surface area is 142 Å². The predicted molar refractivity (Wildman–Crippen MR) is 93.3 cm³/mol. The first-order valence-corrected chi connectivity index (χ1v) is 7.71. The molecule has 2 amide bonds. The van der Waals surface area contributed by atoms with Gasteiger partial charge in [-0.2, -0.15) is 15.4 Å². The van der Waals surface area contributed by atoms with Crippen molar-refractivity contribution in [2.45, 2.75) is 6.54 Å². The van der Waals surface area contributed by atoms with E-state index in [2.05, 4.69) is 31.0 Å². The molecule has 0 spiro atoms. The maximum atomic E-state index is 12.2. The van der Waals surface area contributed by atoms with E-state index in [0.717, 1.165) is 16.8 Å². The van der Waals surface area contributed by atoms with Crippen LogP contribution in [0, 0.1) is 0 Å². The number of hydrogen-bond acceptors (Lipinski definition) is 4. The average Bonchev–Trinajstić information content (AvgIpc) is 3.31. The summed E-state index contributed by atoms with van der Waals surface area (Å²) in [5.74, 6) is 0. The number of urea groups is 1. The molecule has 2 aromatic carbocycles. The Morgan fingerprint density at radius 2 is 2.00 bits per heavy atom. The molecular formula is C17H15N7O. The molecule has 8 nitrogen and oxygen atoms in total. The molecule has 3 N–H and O–H groups in total. The van der Waals surface area contributed by atoms with Crippen molar-refractivity contribution in [2.75, 3.05) is 5.32 Å². The Bertz CT molecular complexity index is 1010. The van der Waals surface area contributed by atoms with Crippen molar-refractivity contribution in [1.82, 2.24) is 30.3 Å². The van der Waals surface area contributed by atoms with Gasteiger partial charge in [0.15, 0.2) is 0 Å². The van der Waals surface area contributed by atoms with Gasteiger partial charge in [-0.25, -0.2) is 9.78 Å². The zero-order valence-corrected chi connectivity index (χ0v) is 13.2. The average molecular weight is 333 g/mol. The summed E-state index contributed by atoms with van der Waals surface area (Å²) in [4.78, 5) is 16.2. The highest BCUT2D eigenvalue weighted by Gasteiger charge is 2.07. The zero-order chi connectivity index (χ0) is 17.1. The summed E-state index contributed by atoms with van der Waals surface area (Å²) in [5, 5.41) is 16.2. The first-order chi connectivity index (χ1) is 12.3. The minimum atomic E-state index is -0.289. The van der Waals surface area contributed by atoms with Crippen molar-refractivity contribution >= 4 is 22.8 Å². The van der Waals surface area contributed by atoms with Crippen LogP contribution in [0.2, 0.25) is 0 Å². The highest BCUT2D eigenvalue weighted by molar-refractivity contribution is 5.91. The number of carbonyl (C=O) groups excluding carboxylic acids is 1. The molecule has 0 saturated carbocycles. The minimum Gasteiger partial charge on any atom is -0.334 e. The molecule has 0 saturated heterocycles. The first kappa shape index (κ1) is 14.9. The van der Waals surface area contributed by atoms with Crippen molar-refractivity contribution in [1.29, 1.82) is 0 Å². The van der Waals surface area contributed by atoms with Crippen LogP contribution in [0.15, 0.2) is 61.2 Å². The van der Waals surface area contributed by atoms with Crippen LogP contribution in [0.5, 0.6) is 0 Å². The topological polar surface area (TPSA) is 101 Å². The second-order valence-corrected chi connectivity index (χ2v) is 5.43. The number of aromatic nitrogens is 5. The van der Waals surface area contributed by atoms with E-state index in [1.807, 2.05) is 35.0 Å². The molecule has 124 valence electrons. The van der Waals surface area contributed by atoms with E-state index in [4.69, 9.17) is 0 Å². The first-order valence-electron chi connectivity index (χ1n) is 7.71. The van der Waals surface area contributed by atoms with Crippen molar-refractivity contribution in [3.05, 3.63) is 66.7 Å². The highest BCUT2D eigenvalue weighted by Crippen LogP contribution is 2.16. The molecular weight excluding hydrogens is 318 g/mol. The van der Waals surface area contributed by atoms with Gasteiger partial charge >= 0.3 is 6.03 Å². The zero-order valence-electron chi connectivity index (χ0n) is 13.2. The number of para-hydroxylation sites is 1. The number of anilines is 1. The number of nitrogens with zero attached hydrogens (tertiary/aromatic N) is 4. The summed E-state index contributed by atoms with van der Waals surface area (Å²) >= 11 is 0. The number of fused-ring (bicyclic) bond motifs is 1. The molecule has 0 unspecified atom stereocenters. The number of aromatic amines is 1. The molecule has 0 aliphatic heterocycles. The summed E-state index contributed by atoms with van der Waals surface area (Å²) < 4.78 is 1.91. The molecule has 25 heavy (non-hydrogen) atoms. The van der Waals surface area contributed by atoms with E-state index in [1.54, 1.807) is 30.7 Å². The molecule has 0 aliphatic rings. The smallest absolute Gasteiger partial charge is 0.319 e. The maximum absolute atomic E-state index is 12.2. The Morgan fingerprint density at radius 3 is 2.88 bits per heavy atom. The lowest BCUT2D eigenvalue weighted by Crippen LogP contribution is -2.28. The van der Waals surface area contributed by atoms with Gasteiger partial charge in [0.1, 0.15) is 11.0 Å². The largest absolute Gasteiger partial charge is 0.334 e. The van der Waals surface area contributed by atoms with Crippen LogP contribution in [0.1, 0.15) is 5.56 Å². The lowest BCUT2D eigenvalue weighted by Gasteiger charge is -2.12. The molecule has 0 fully saturated rings. The molecule has 4 aromatic rings. The van der Waals surface area contributed by atoms with Crippen LogP contribution in [-0.2, 0) is 6.54 Å². The van der Waals surface area contributed by atoms with Crippen molar-refractivity contribution in [2.24, 2.45) is 0 Å². The van der Waals surface area contributed by atoms with Gasteiger partial charge in [-0.15, -0.1) is 0 Å². The molecule has 8 heteroatoms. The summed E-state index contributed by atoms with van der Waals surface area (Å²) in [6, 6.07) is 12.9. The van der Waals surface area contributed by atoms with Gasteiger partial charge in [-0.1, -0.05) is 18.2 Å². The monoisotopic (exact) mass is 333 g/mol. The summed E-state index contributed by atoms with van der Waals surface area (Å²) in [5.41, 5.74) is 4.07. The number of benzene rings is 2. The fourth-order valence-corrected chi connectivity index (χ4v) is 2.58. The third kappa shape index (κ3) is 3.18. The fraction of sp³-hybridized carbons (Fsp3) is 0.0588. The van der Waals surface area contributed by atoms with Gasteiger partial charge in [-0.3, -0.25) is 0 Å². The van der Waals surface area contributed by atoms with Gasteiger partial charge in [0.05, 0.1) is 12.0 Å². The number of carbonyl (C=O) groups is 1. The van der Waals surface area contributed by atoms with Crippen LogP contribution in [0.4, 0.5) is 10.5 Å². The predicted octanol–water partition coefficient (Wildman–Crippen LogP) is 2.47. The van der Waals surface area contributed by atoms with Gasteiger partial charge in [0, 0.05) is 24.6 Å². The van der Waals surface area contributed by atoms with Gasteiger partial charge in [0.25, 0.3) is 0 Å². The maximum Gasteiger partial charge on any atom is 0.319 e. The minimum absolute atomic E-state index is 0.289. The van der Waals surface area contributed by atoms with Crippen LogP contribution in [-0.4, -0.2) is 31.0 Å². The van der Waals surface area contributed by atoms with Crippen LogP contribution >= 0.6 is 0 Å². The third-order valence-electron chi connectivity index (χ3n) is 3.79. The molecule has 2 heterocycles. The number of amides is 2. The number of imidazole rings is 1. The molecule has 0 atom stereocenters. The van der Waals surface area contributed by atoms with E-state index < -0.39 is 0 Å².